The highest BCUT2D eigenvalue weighted by Crippen LogP contribution is 2.37. The van der Waals surface area contributed by atoms with Crippen LogP contribution >= 0.6 is 0 Å². The van der Waals surface area contributed by atoms with E-state index in [1.807, 2.05) is 12.1 Å². The number of aryl methyl sites for hydroxylation is 1. The average molecular weight is 404 g/mol. The highest BCUT2D eigenvalue weighted by molar-refractivity contribution is 6.04. The van der Waals surface area contributed by atoms with E-state index in [4.69, 9.17) is 9.26 Å². The van der Waals surface area contributed by atoms with Crippen LogP contribution in [0.3, 0.4) is 0 Å². The highest BCUT2D eigenvalue weighted by Gasteiger charge is 2.31. The number of rotatable bonds is 4. The van der Waals surface area contributed by atoms with Crippen LogP contribution in [0.5, 0.6) is 11.5 Å². The van der Waals surface area contributed by atoms with Gasteiger partial charge in [-0.05, 0) is 60.9 Å². The average Bonchev–Trinajstić information content (AvgIpc) is 3.12. The number of hydrogen-bond acceptors (Lipinski definition) is 5. The Morgan fingerprint density at radius 3 is 2.52 bits per heavy atom. The minimum absolute atomic E-state index is 0.150. The number of nitrogens with one attached hydrogen (secondary N) is 1. The number of carbonyl (C=O) groups is 1. The van der Waals surface area contributed by atoms with E-state index in [1.54, 1.807) is 13.2 Å². The summed E-state index contributed by atoms with van der Waals surface area (Å²) < 4.78 is 51.1. The summed E-state index contributed by atoms with van der Waals surface area (Å²) in [6.45, 7) is 0. The molecule has 6 nitrogen and oxygen atoms in total. The number of alkyl halides is 3. The molecule has 2 aromatic carbocycles. The lowest BCUT2D eigenvalue weighted by molar-refractivity contribution is -0.274. The van der Waals surface area contributed by atoms with Crippen LogP contribution in [-0.2, 0) is 12.8 Å². The molecule has 1 amide bonds. The van der Waals surface area contributed by atoms with Gasteiger partial charge >= 0.3 is 6.36 Å². The maximum Gasteiger partial charge on any atom is 0.573 e. The SMILES string of the molecule is COc1ccc2c(c1)CCc1c(C(=O)Nc3ccc(OC(F)(F)F)cc3)noc1-2. The van der Waals surface area contributed by atoms with Crippen molar-refractivity contribution >= 4 is 11.6 Å². The first-order valence-electron chi connectivity index (χ1n) is 8.67. The smallest absolute Gasteiger partial charge is 0.497 e. The Hall–Kier alpha value is -3.49. The van der Waals surface area contributed by atoms with Crippen molar-refractivity contribution in [2.75, 3.05) is 12.4 Å². The maximum atomic E-state index is 12.6. The van der Waals surface area contributed by atoms with Gasteiger partial charge in [0.25, 0.3) is 5.91 Å². The third-order valence-electron chi connectivity index (χ3n) is 4.55. The highest BCUT2D eigenvalue weighted by atomic mass is 19.4. The summed E-state index contributed by atoms with van der Waals surface area (Å²) in [7, 11) is 1.59. The fourth-order valence-electron chi connectivity index (χ4n) is 3.25. The molecule has 0 aliphatic heterocycles. The fourth-order valence-corrected chi connectivity index (χ4v) is 3.25. The molecule has 0 radical (unpaired) electrons. The van der Waals surface area contributed by atoms with E-state index in [0.717, 1.165) is 29.0 Å². The van der Waals surface area contributed by atoms with Gasteiger partial charge in [0.15, 0.2) is 11.5 Å². The Balaban J connectivity index is 1.53. The first-order chi connectivity index (χ1) is 13.8. The van der Waals surface area contributed by atoms with Gasteiger partial charge in [0.2, 0.25) is 0 Å². The third kappa shape index (κ3) is 3.89. The number of benzene rings is 2. The molecule has 1 aliphatic carbocycles. The number of ether oxygens (including phenoxy) is 2. The van der Waals surface area contributed by atoms with E-state index in [9.17, 15) is 18.0 Å². The van der Waals surface area contributed by atoms with Crippen LogP contribution in [-0.4, -0.2) is 24.5 Å². The molecule has 4 rings (SSSR count). The molecule has 1 N–H and O–H groups in total. The van der Waals surface area contributed by atoms with Gasteiger partial charge in [-0.2, -0.15) is 0 Å². The van der Waals surface area contributed by atoms with Crippen LogP contribution in [0.25, 0.3) is 11.3 Å². The summed E-state index contributed by atoms with van der Waals surface area (Å²) in [6.07, 6.45) is -3.50. The molecular formula is C20H15F3N2O4. The quantitative estimate of drug-likeness (QED) is 0.688. The summed E-state index contributed by atoms with van der Waals surface area (Å²) in [4.78, 5) is 12.6. The molecular weight excluding hydrogens is 389 g/mol. The fraction of sp³-hybridized carbons (Fsp3) is 0.200. The van der Waals surface area contributed by atoms with E-state index in [2.05, 4.69) is 15.2 Å². The number of carbonyl (C=O) groups excluding carboxylic acids is 1. The van der Waals surface area contributed by atoms with Gasteiger partial charge in [-0.1, -0.05) is 5.16 Å². The lowest BCUT2D eigenvalue weighted by atomic mass is 9.89. The van der Waals surface area contributed by atoms with Crippen molar-refractivity contribution in [3.63, 3.8) is 0 Å². The second-order valence-electron chi connectivity index (χ2n) is 6.39. The predicted molar refractivity (Wildman–Crippen MR) is 97.0 cm³/mol. The van der Waals surface area contributed by atoms with Crippen LogP contribution in [0.2, 0.25) is 0 Å². The molecule has 3 aromatic rings. The molecule has 9 heteroatoms. The Bertz CT molecular complexity index is 1060. The number of anilines is 1. The maximum absolute atomic E-state index is 12.6. The molecule has 1 aromatic heterocycles. The monoisotopic (exact) mass is 404 g/mol. The minimum atomic E-state index is -4.77. The second kappa shape index (κ2) is 7.16. The third-order valence-corrected chi connectivity index (χ3v) is 4.55. The molecule has 0 saturated carbocycles. The molecule has 0 fully saturated rings. The number of fused-ring (bicyclic) bond motifs is 3. The number of aromatic nitrogens is 1. The zero-order chi connectivity index (χ0) is 20.6. The summed E-state index contributed by atoms with van der Waals surface area (Å²) in [5.41, 5.74) is 3.05. The summed E-state index contributed by atoms with van der Waals surface area (Å²) in [6, 6.07) is 10.4. The number of methoxy groups -OCH3 is 1. The zero-order valence-corrected chi connectivity index (χ0v) is 15.2. The largest absolute Gasteiger partial charge is 0.573 e. The van der Waals surface area contributed by atoms with Crippen LogP contribution in [0.1, 0.15) is 21.6 Å². The van der Waals surface area contributed by atoms with Crippen LogP contribution in [0.4, 0.5) is 18.9 Å². The number of amides is 1. The van der Waals surface area contributed by atoms with Gasteiger partial charge in [-0.15, -0.1) is 13.2 Å². The van der Waals surface area contributed by atoms with Gasteiger partial charge < -0.3 is 19.3 Å². The molecule has 0 unspecified atom stereocenters. The van der Waals surface area contributed by atoms with Crippen molar-refractivity contribution in [1.82, 2.24) is 5.16 Å². The number of halogens is 3. The first kappa shape index (κ1) is 18.9. The summed E-state index contributed by atoms with van der Waals surface area (Å²) >= 11 is 0. The minimum Gasteiger partial charge on any atom is -0.497 e. The molecule has 150 valence electrons. The van der Waals surface area contributed by atoms with Crippen molar-refractivity contribution < 1.29 is 32.0 Å². The van der Waals surface area contributed by atoms with Crippen LogP contribution < -0.4 is 14.8 Å². The second-order valence-corrected chi connectivity index (χ2v) is 6.39. The standard InChI is InChI=1S/C20H15F3N2O4/c1-27-14-7-9-15-11(10-14)2-8-16-17(25-29-18(15)16)19(26)24-12-3-5-13(6-4-12)28-20(21,22)23/h3-7,9-10H,2,8H2,1H3,(H,24,26). The van der Waals surface area contributed by atoms with Crippen molar-refractivity contribution in [3.8, 4) is 22.8 Å². The zero-order valence-electron chi connectivity index (χ0n) is 15.2. The molecule has 0 spiro atoms. The Labute approximate surface area is 163 Å². The van der Waals surface area contributed by atoms with E-state index >= 15 is 0 Å². The van der Waals surface area contributed by atoms with Gasteiger partial charge in [0.05, 0.1) is 7.11 Å². The Morgan fingerprint density at radius 1 is 1.10 bits per heavy atom. The Kier molecular flexibility index (Phi) is 4.65. The molecule has 0 atom stereocenters. The molecule has 1 aliphatic rings. The molecule has 29 heavy (non-hydrogen) atoms. The summed E-state index contributed by atoms with van der Waals surface area (Å²) in [5.74, 6) is 0.397. The summed E-state index contributed by atoms with van der Waals surface area (Å²) in [5, 5.41) is 6.52. The molecule has 0 bridgehead atoms. The molecule has 0 saturated heterocycles. The normalized spacial score (nSPS) is 12.7. The predicted octanol–water partition coefficient (Wildman–Crippen LogP) is 4.60. The lowest BCUT2D eigenvalue weighted by Gasteiger charge is -2.15. The number of hydrogen-bond donors (Lipinski definition) is 1. The van der Waals surface area contributed by atoms with Crippen LogP contribution in [0.15, 0.2) is 47.0 Å². The van der Waals surface area contributed by atoms with Crippen molar-refractivity contribution in [2.24, 2.45) is 0 Å². The van der Waals surface area contributed by atoms with E-state index in [-0.39, 0.29) is 11.4 Å². The Morgan fingerprint density at radius 2 is 1.83 bits per heavy atom. The van der Waals surface area contributed by atoms with Gasteiger partial charge in [0, 0.05) is 16.8 Å². The van der Waals surface area contributed by atoms with Crippen molar-refractivity contribution in [3.05, 3.63) is 59.3 Å². The van der Waals surface area contributed by atoms with E-state index < -0.39 is 12.3 Å². The first-order valence-corrected chi connectivity index (χ1v) is 8.67. The van der Waals surface area contributed by atoms with Gasteiger partial charge in [-0.25, -0.2) is 0 Å². The van der Waals surface area contributed by atoms with Gasteiger partial charge in [0.1, 0.15) is 11.5 Å². The lowest BCUT2D eigenvalue weighted by Crippen LogP contribution is -2.17. The van der Waals surface area contributed by atoms with Crippen LogP contribution in [0, 0.1) is 0 Å². The van der Waals surface area contributed by atoms with E-state index in [0.29, 0.717) is 29.9 Å². The van der Waals surface area contributed by atoms with Crippen molar-refractivity contribution in [2.45, 2.75) is 19.2 Å². The number of nitrogens with zero attached hydrogens (tertiary/aromatic N) is 1. The van der Waals surface area contributed by atoms with E-state index in [1.165, 1.54) is 12.1 Å². The topological polar surface area (TPSA) is 73.6 Å². The van der Waals surface area contributed by atoms with Gasteiger partial charge in [-0.3, -0.25) is 4.79 Å². The van der Waals surface area contributed by atoms with Crippen molar-refractivity contribution in [1.29, 1.82) is 0 Å². The molecule has 1 heterocycles.